The Bertz CT molecular complexity index is 180. The van der Waals surface area contributed by atoms with E-state index in [-0.39, 0.29) is 30.7 Å². The molecule has 0 aliphatic carbocycles. The predicted octanol–water partition coefficient (Wildman–Crippen LogP) is 1.86. The van der Waals surface area contributed by atoms with Gasteiger partial charge in [-0.25, -0.2) is 0 Å². The Morgan fingerprint density at radius 1 is 1.20 bits per heavy atom. The van der Waals surface area contributed by atoms with Crippen LogP contribution in [0.3, 0.4) is 0 Å². The molecular formula is C12H24O3. The normalized spacial score (nSPS) is 20.1. The van der Waals surface area contributed by atoms with E-state index in [9.17, 15) is 0 Å². The van der Waals surface area contributed by atoms with E-state index in [0.29, 0.717) is 0 Å². The average Bonchev–Trinajstić information content (AvgIpc) is 2.26. The zero-order valence-electron chi connectivity index (χ0n) is 10.4. The van der Waals surface area contributed by atoms with E-state index in [0.717, 1.165) is 0 Å². The van der Waals surface area contributed by atoms with Crippen molar-refractivity contribution < 1.29 is 14.6 Å². The lowest BCUT2D eigenvalue weighted by molar-refractivity contribution is -0.0437. The number of allylic oxidation sites excluding steroid dienone is 1. The Morgan fingerprint density at radius 3 is 2.13 bits per heavy atom. The molecular weight excluding hydrogens is 192 g/mol. The predicted molar refractivity (Wildman–Crippen MR) is 61.8 cm³/mol. The van der Waals surface area contributed by atoms with Gasteiger partial charge in [0.2, 0.25) is 0 Å². The molecule has 1 N–H and O–H groups in total. The number of aliphatic hydroxyl groups is 1. The molecule has 0 bridgehead atoms. The molecule has 4 atom stereocenters. The lowest BCUT2D eigenvalue weighted by Crippen LogP contribution is -2.37. The first-order valence-corrected chi connectivity index (χ1v) is 5.41. The number of hydrogen-bond donors (Lipinski definition) is 1. The third kappa shape index (κ3) is 4.33. The molecule has 0 aromatic rings. The summed E-state index contributed by atoms with van der Waals surface area (Å²) in [6.45, 7) is 6.16. The van der Waals surface area contributed by atoms with Crippen LogP contribution in [0.15, 0.2) is 12.2 Å². The van der Waals surface area contributed by atoms with Crippen molar-refractivity contribution >= 4 is 0 Å². The lowest BCUT2D eigenvalue weighted by Gasteiger charge is -2.31. The van der Waals surface area contributed by atoms with Gasteiger partial charge in [0, 0.05) is 32.7 Å². The van der Waals surface area contributed by atoms with Crippen LogP contribution in [0.2, 0.25) is 0 Å². The maximum Gasteiger partial charge on any atom is 0.0802 e. The smallest absolute Gasteiger partial charge is 0.0802 e. The highest BCUT2D eigenvalue weighted by Gasteiger charge is 2.28. The minimum Gasteiger partial charge on any atom is -0.396 e. The molecule has 0 heterocycles. The Labute approximate surface area is 93.1 Å². The lowest BCUT2D eigenvalue weighted by atomic mass is 9.89. The van der Waals surface area contributed by atoms with Crippen molar-refractivity contribution in [2.24, 2.45) is 11.8 Å². The van der Waals surface area contributed by atoms with Gasteiger partial charge in [-0.2, -0.15) is 0 Å². The van der Waals surface area contributed by atoms with Crippen LogP contribution in [0.1, 0.15) is 20.8 Å². The van der Waals surface area contributed by atoms with E-state index in [4.69, 9.17) is 14.6 Å². The summed E-state index contributed by atoms with van der Waals surface area (Å²) in [5, 5.41) is 9.13. The van der Waals surface area contributed by atoms with E-state index in [1.54, 1.807) is 14.2 Å². The summed E-state index contributed by atoms with van der Waals surface area (Å²) in [5.41, 5.74) is 0. The molecule has 0 aliphatic heterocycles. The molecule has 0 fully saturated rings. The highest BCUT2D eigenvalue weighted by atomic mass is 16.5. The molecule has 90 valence electrons. The molecule has 0 aromatic carbocycles. The Morgan fingerprint density at radius 2 is 1.80 bits per heavy atom. The van der Waals surface area contributed by atoms with Crippen LogP contribution >= 0.6 is 0 Å². The Kier molecular flexibility index (Phi) is 7.65. The number of hydrogen-bond acceptors (Lipinski definition) is 3. The van der Waals surface area contributed by atoms with Crippen LogP contribution in [-0.2, 0) is 9.47 Å². The number of methoxy groups -OCH3 is 2. The van der Waals surface area contributed by atoms with Gasteiger partial charge in [-0.1, -0.05) is 26.0 Å². The first-order chi connectivity index (χ1) is 7.12. The highest BCUT2D eigenvalue weighted by Crippen LogP contribution is 2.21. The highest BCUT2D eigenvalue weighted by molar-refractivity contribution is 4.93. The standard InChI is InChI=1S/C12H24O3/c1-6-7-11(14-4)10(3)12(15-5)9(2)8-13/h6-7,9-13H,8H2,1-5H3. The summed E-state index contributed by atoms with van der Waals surface area (Å²) in [6, 6.07) is 0. The summed E-state index contributed by atoms with van der Waals surface area (Å²) in [5.74, 6) is 0.339. The SMILES string of the molecule is CC=CC(OC)C(C)C(OC)C(C)CO. The zero-order chi connectivity index (χ0) is 11.8. The van der Waals surface area contributed by atoms with Crippen molar-refractivity contribution in [1.29, 1.82) is 0 Å². The second-order valence-electron chi connectivity index (χ2n) is 3.95. The molecule has 0 amide bonds. The Balaban J connectivity index is 4.52. The van der Waals surface area contributed by atoms with Gasteiger partial charge in [0.15, 0.2) is 0 Å². The van der Waals surface area contributed by atoms with Crippen molar-refractivity contribution in [2.75, 3.05) is 20.8 Å². The minimum atomic E-state index is 0.0103. The second kappa shape index (κ2) is 7.85. The fraction of sp³-hybridized carbons (Fsp3) is 0.833. The van der Waals surface area contributed by atoms with Gasteiger partial charge >= 0.3 is 0 Å². The van der Waals surface area contributed by atoms with Gasteiger partial charge in [-0.05, 0) is 6.92 Å². The van der Waals surface area contributed by atoms with E-state index in [2.05, 4.69) is 6.92 Å². The van der Waals surface area contributed by atoms with Crippen molar-refractivity contribution in [3.05, 3.63) is 12.2 Å². The topological polar surface area (TPSA) is 38.7 Å². The third-order valence-corrected chi connectivity index (χ3v) is 2.81. The van der Waals surface area contributed by atoms with Crippen LogP contribution in [-0.4, -0.2) is 38.1 Å². The summed E-state index contributed by atoms with van der Waals surface area (Å²) in [7, 11) is 3.37. The molecule has 3 nitrogen and oxygen atoms in total. The molecule has 3 heteroatoms. The first-order valence-electron chi connectivity index (χ1n) is 5.41. The minimum absolute atomic E-state index is 0.0103. The fourth-order valence-electron chi connectivity index (χ4n) is 1.91. The van der Waals surface area contributed by atoms with Crippen LogP contribution < -0.4 is 0 Å². The van der Waals surface area contributed by atoms with Gasteiger partial charge in [-0.3, -0.25) is 0 Å². The summed E-state index contributed by atoms with van der Waals surface area (Å²) in [6.07, 6.45) is 4.03. The number of ether oxygens (including phenoxy) is 2. The molecule has 4 unspecified atom stereocenters. The van der Waals surface area contributed by atoms with Gasteiger partial charge < -0.3 is 14.6 Å². The first kappa shape index (κ1) is 14.6. The summed E-state index contributed by atoms with van der Waals surface area (Å²) >= 11 is 0. The van der Waals surface area contributed by atoms with Gasteiger partial charge in [0.05, 0.1) is 12.2 Å². The van der Waals surface area contributed by atoms with Crippen LogP contribution in [0.5, 0.6) is 0 Å². The van der Waals surface area contributed by atoms with Crippen LogP contribution in [0.25, 0.3) is 0 Å². The molecule has 0 aromatic heterocycles. The van der Waals surface area contributed by atoms with E-state index >= 15 is 0 Å². The number of rotatable bonds is 7. The Hall–Kier alpha value is -0.380. The van der Waals surface area contributed by atoms with E-state index in [1.165, 1.54) is 0 Å². The molecule has 0 rings (SSSR count). The van der Waals surface area contributed by atoms with Gasteiger partial charge in [0.1, 0.15) is 0 Å². The maximum absolute atomic E-state index is 9.13. The van der Waals surface area contributed by atoms with Gasteiger partial charge in [0.25, 0.3) is 0 Å². The monoisotopic (exact) mass is 216 g/mol. The average molecular weight is 216 g/mol. The molecule has 0 spiro atoms. The molecule has 0 saturated carbocycles. The summed E-state index contributed by atoms with van der Waals surface area (Å²) < 4.78 is 10.8. The second-order valence-corrected chi connectivity index (χ2v) is 3.95. The third-order valence-electron chi connectivity index (χ3n) is 2.81. The molecule has 0 saturated heterocycles. The summed E-state index contributed by atoms with van der Waals surface area (Å²) in [4.78, 5) is 0. The van der Waals surface area contributed by atoms with Crippen molar-refractivity contribution in [3.63, 3.8) is 0 Å². The quantitative estimate of drug-likeness (QED) is 0.660. The van der Waals surface area contributed by atoms with E-state index in [1.807, 2.05) is 26.0 Å². The van der Waals surface area contributed by atoms with Crippen LogP contribution in [0, 0.1) is 11.8 Å². The van der Waals surface area contributed by atoms with Crippen LogP contribution in [0.4, 0.5) is 0 Å². The zero-order valence-corrected chi connectivity index (χ0v) is 10.4. The van der Waals surface area contributed by atoms with E-state index < -0.39 is 0 Å². The molecule has 15 heavy (non-hydrogen) atoms. The largest absolute Gasteiger partial charge is 0.396 e. The van der Waals surface area contributed by atoms with Crippen molar-refractivity contribution in [3.8, 4) is 0 Å². The molecule has 0 aliphatic rings. The number of aliphatic hydroxyl groups excluding tert-OH is 1. The maximum atomic E-state index is 9.13. The fourth-order valence-corrected chi connectivity index (χ4v) is 1.91. The van der Waals surface area contributed by atoms with Crippen molar-refractivity contribution in [1.82, 2.24) is 0 Å². The molecule has 0 radical (unpaired) electrons. The van der Waals surface area contributed by atoms with Gasteiger partial charge in [-0.15, -0.1) is 0 Å². The van der Waals surface area contributed by atoms with Crippen molar-refractivity contribution in [2.45, 2.75) is 33.0 Å².